The van der Waals surface area contributed by atoms with Crippen LogP contribution in [0, 0.1) is 6.92 Å². The Morgan fingerprint density at radius 3 is 2.68 bits per heavy atom. The summed E-state index contributed by atoms with van der Waals surface area (Å²) in [5.74, 6) is 1.19. The number of aryl methyl sites for hydroxylation is 1. The van der Waals surface area contributed by atoms with E-state index in [1.807, 2.05) is 23.1 Å². The van der Waals surface area contributed by atoms with Crippen molar-refractivity contribution in [1.29, 1.82) is 0 Å². The number of thiophene rings is 1. The van der Waals surface area contributed by atoms with Crippen LogP contribution in [0.15, 0.2) is 24.3 Å². The van der Waals surface area contributed by atoms with Gasteiger partial charge in [0.1, 0.15) is 0 Å². The van der Waals surface area contributed by atoms with E-state index in [4.69, 9.17) is 0 Å². The lowest BCUT2D eigenvalue weighted by Crippen LogP contribution is -2.32. The maximum Gasteiger partial charge on any atom is 0.0391 e. The zero-order chi connectivity index (χ0) is 13.8. The zero-order valence-electron chi connectivity index (χ0n) is 12.2. The molecule has 0 fully saturated rings. The molecule has 0 aliphatic heterocycles. The Hall–Kier alpha value is -0.510. The summed E-state index contributed by atoms with van der Waals surface area (Å²) in [6, 6.07) is 9.76. The minimum atomic E-state index is 0.439. The van der Waals surface area contributed by atoms with Crippen LogP contribution in [0.4, 0.5) is 0 Å². The molecule has 1 N–H and O–H groups in total. The Balaban J connectivity index is 2.21. The van der Waals surface area contributed by atoms with Crippen LogP contribution >= 0.6 is 23.1 Å². The van der Waals surface area contributed by atoms with Crippen molar-refractivity contribution in [2.75, 3.05) is 12.0 Å². The summed E-state index contributed by atoms with van der Waals surface area (Å²) in [5.41, 5.74) is 1.44. The maximum absolute atomic E-state index is 3.78. The number of benzene rings is 1. The van der Waals surface area contributed by atoms with Crippen molar-refractivity contribution in [2.45, 2.75) is 39.3 Å². The first-order valence-corrected chi connectivity index (χ1v) is 9.11. The third-order valence-corrected chi connectivity index (χ3v) is 5.81. The van der Waals surface area contributed by atoms with Crippen molar-refractivity contribution in [3.8, 4) is 0 Å². The zero-order valence-corrected chi connectivity index (χ0v) is 13.8. The Morgan fingerprint density at radius 2 is 2.05 bits per heavy atom. The largest absolute Gasteiger partial charge is 0.306 e. The standard InChI is InChI=1S/C16H23NS2/c1-5-13(10-18-4)17-12(3)16-11(2)14-8-6-7-9-15(14)19-16/h6-9,12-13,17H,5,10H2,1-4H3. The molecule has 2 aromatic rings. The monoisotopic (exact) mass is 293 g/mol. The van der Waals surface area contributed by atoms with E-state index >= 15 is 0 Å². The van der Waals surface area contributed by atoms with Gasteiger partial charge in [-0.1, -0.05) is 25.1 Å². The minimum Gasteiger partial charge on any atom is -0.306 e. The minimum absolute atomic E-state index is 0.439. The van der Waals surface area contributed by atoms with E-state index in [-0.39, 0.29) is 0 Å². The number of nitrogens with one attached hydrogen (secondary N) is 1. The molecule has 0 aliphatic rings. The molecule has 1 nitrogen and oxygen atoms in total. The summed E-state index contributed by atoms with van der Waals surface area (Å²) in [5, 5.41) is 5.19. The lowest BCUT2D eigenvalue weighted by atomic mass is 10.1. The van der Waals surface area contributed by atoms with Crippen molar-refractivity contribution >= 4 is 33.2 Å². The molecule has 0 bridgehead atoms. The number of thioether (sulfide) groups is 1. The summed E-state index contributed by atoms with van der Waals surface area (Å²) in [6.45, 7) is 6.81. The molecule has 0 amide bonds. The second-order valence-electron chi connectivity index (χ2n) is 5.04. The molecule has 3 heteroatoms. The quantitative estimate of drug-likeness (QED) is 0.804. The van der Waals surface area contributed by atoms with E-state index in [1.54, 1.807) is 0 Å². The average molecular weight is 294 g/mol. The van der Waals surface area contributed by atoms with Gasteiger partial charge >= 0.3 is 0 Å². The molecule has 2 unspecified atom stereocenters. The van der Waals surface area contributed by atoms with Gasteiger partial charge < -0.3 is 5.32 Å². The first-order valence-electron chi connectivity index (χ1n) is 6.90. The van der Waals surface area contributed by atoms with Gasteiger partial charge in [-0.3, -0.25) is 0 Å². The smallest absolute Gasteiger partial charge is 0.0391 e. The molecule has 1 aromatic heterocycles. The Labute approximate surface area is 124 Å². The van der Waals surface area contributed by atoms with Crippen molar-refractivity contribution < 1.29 is 0 Å². The molecule has 1 heterocycles. The first-order chi connectivity index (χ1) is 9.17. The summed E-state index contributed by atoms with van der Waals surface area (Å²) in [7, 11) is 0. The van der Waals surface area contributed by atoms with Crippen LogP contribution in [0.5, 0.6) is 0 Å². The lowest BCUT2D eigenvalue weighted by molar-refractivity contribution is 0.478. The predicted molar refractivity (Wildman–Crippen MR) is 90.6 cm³/mol. The van der Waals surface area contributed by atoms with E-state index in [9.17, 15) is 0 Å². The van der Waals surface area contributed by atoms with Crippen LogP contribution in [-0.4, -0.2) is 18.1 Å². The first kappa shape index (κ1) is 14.9. The van der Waals surface area contributed by atoms with Gasteiger partial charge in [0, 0.05) is 27.4 Å². The Kier molecular flexibility index (Phi) is 5.31. The van der Waals surface area contributed by atoms with Crippen LogP contribution in [0.1, 0.15) is 36.8 Å². The number of hydrogen-bond donors (Lipinski definition) is 1. The Morgan fingerprint density at radius 1 is 1.32 bits per heavy atom. The summed E-state index contributed by atoms with van der Waals surface area (Å²) >= 11 is 3.85. The third-order valence-electron chi connectivity index (χ3n) is 3.62. The Bertz CT molecular complexity index is 533. The fourth-order valence-electron chi connectivity index (χ4n) is 2.52. The van der Waals surface area contributed by atoms with Gasteiger partial charge in [0.05, 0.1) is 0 Å². The molecule has 2 atom stereocenters. The number of fused-ring (bicyclic) bond motifs is 1. The predicted octanol–water partition coefficient (Wildman–Crippen LogP) is 5.00. The SMILES string of the molecule is CCC(CSC)NC(C)c1sc2ccccc2c1C. The van der Waals surface area contributed by atoms with Gasteiger partial charge in [-0.05, 0) is 43.5 Å². The molecule has 19 heavy (non-hydrogen) atoms. The topological polar surface area (TPSA) is 12.0 Å². The van der Waals surface area contributed by atoms with Crippen LogP contribution in [0.25, 0.3) is 10.1 Å². The highest BCUT2D eigenvalue weighted by atomic mass is 32.2. The molecule has 104 valence electrons. The van der Waals surface area contributed by atoms with Gasteiger partial charge in [-0.2, -0.15) is 11.8 Å². The molecule has 1 aromatic carbocycles. The van der Waals surface area contributed by atoms with Gasteiger partial charge in [0.15, 0.2) is 0 Å². The van der Waals surface area contributed by atoms with Crippen molar-refractivity contribution in [2.24, 2.45) is 0 Å². The molecule has 0 radical (unpaired) electrons. The second kappa shape index (κ2) is 6.78. The summed E-state index contributed by atoms with van der Waals surface area (Å²) in [4.78, 5) is 1.49. The van der Waals surface area contributed by atoms with Crippen LogP contribution in [0.2, 0.25) is 0 Å². The summed E-state index contributed by atoms with van der Waals surface area (Å²) in [6.07, 6.45) is 3.37. The van der Waals surface area contributed by atoms with Gasteiger partial charge in [-0.15, -0.1) is 11.3 Å². The average Bonchev–Trinajstić information content (AvgIpc) is 2.76. The van der Waals surface area contributed by atoms with E-state index in [0.717, 1.165) is 0 Å². The lowest BCUT2D eigenvalue weighted by Gasteiger charge is -2.21. The van der Waals surface area contributed by atoms with Gasteiger partial charge in [-0.25, -0.2) is 0 Å². The van der Waals surface area contributed by atoms with E-state index < -0.39 is 0 Å². The molecular weight excluding hydrogens is 270 g/mol. The van der Waals surface area contributed by atoms with Crippen LogP contribution in [0.3, 0.4) is 0 Å². The highest BCUT2D eigenvalue weighted by molar-refractivity contribution is 7.98. The van der Waals surface area contributed by atoms with E-state index in [0.29, 0.717) is 12.1 Å². The third kappa shape index (κ3) is 3.33. The normalized spacial score (nSPS) is 14.7. The van der Waals surface area contributed by atoms with Crippen LogP contribution in [-0.2, 0) is 0 Å². The fourth-order valence-corrected chi connectivity index (χ4v) is 4.48. The van der Waals surface area contributed by atoms with Crippen molar-refractivity contribution in [1.82, 2.24) is 5.32 Å². The van der Waals surface area contributed by atoms with E-state index in [1.165, 1.54) is 32.7 Å². The molecule has 0 saturated heterocycles. The second-order valence-corrected chi connectivity index (χ2v) is 7.03. The molecule has 0 spiro atoms. The highest BCUT2D eigenvalue weighted by Gasteiger charge is 2.16. The molecule has 2 rings (SSSR count). The van der Waals surface area contributed by atoms with Crippen LogP contribution < -0.4 is 5.32 Å². The fraction of sp³-hybridized carbons (Fsp3) is 0.500. The molecule has 0 aliphatic carbocycles. The highest BCUT2D eigenvalue weighted by Crippen LogP contribution is 2.34. The summed E-state index contributed by atoms with van der Waals surface area (Å²) < 4.78 is 1.40. The van der Waals surface area contributed by atoms with Crippen molar-refractivity contribution in [3.05, 3.63) is 34.7 Å². The molecule has 0 saturated carbocycles. The van der Waals surface area contributed by atoms with Gasteiger partial charge in [0.25, 0.3) is 0 Å². The maximum atomic E-state index is 3.78. The number of hydrogen-bond acceptors (Lipinski definition) is 3. The van der Waals surface area contributed by atoms with E-state index in [2.05, 4.69) is 56.6 Å². The van der Waals surface area contributed by atoms with Gasteiger partial charge in [0.2, 0.25) is 0 Å². The van der Waals surface area contributed by atoms with Crippen molar-refractivity contribution in [3.63, 3.8) is 0 Å². The molecular formula is C16H23NS2. The number of rotatable bonds is 6.